The van der Waals surface area contributed by atoms with Crippen molar-refractivity contribution in [2.24, 2.45) is 0 Å². The Balaban J connectivity index is 1.79. The topological polar surface area (TPSA) is 18.5 Å². The molecular weight excluding hydrogens is 284 g/mol. The number of aryl methyl sites for hydroxylation is 2. The Morgan fingerprint density at radius 2 is 1.52 bits per heavy atom. The van der Waals surface area contributed by atoms with Gasteiger partial charge in [-0.15, -0.1) is 0 Å². The van der Waals surface area contributed by atoms with Crippen LogP contribution in [0.3, 0.4) is 0 Å². The fraction of sp³-hybridized carbons (Fsp3) is 0.238. The van der Waals surface area contributed by atoms with Crippen LogP contribution in [0.25, 0.3) is 10.8 Å². The van der Waals surface area contributed by atoms with Gasteiger partial charge in [-0.05, 0) is 54.5 Å². The Kier molecular flexibility index (Phi) is 4.82. The molecule has 0 aliphatic heterocycles. The summed E-state index contributed by atoms with van der Waals surface area (Å²) in [5.41, 5.74) is 2.68. The van der Waals surface area contributed by atoms with E-state index >= 15 is 0 Å². The second kappa shape index (κ2) is 7.19. The van der Waals surface area contributed by atoms with Gasteiger partial charge in [0.05, 0.1) is 13.7 Å². The lowest BCUT2D eigenvalue weighted by Gasteiger charge is -2.11. The number of methoxy groups -OCH3 is 1. The van der Waals surface area contributed by atoms with Gasteiger partial charge >= 0.3 is 0 Å². The Bertz CT molecular complexity index is 775. The summed E-state index contributed by atoms with van der Waals surface area (Å²) in [5, 5.41) is 2.46. The lowest BCUT2D eigenvalue weighted by atomic mass is 9.98. The van der Waals surface area contributed by atoms with Crippen LogP contribution in [0.5, 0.6) is 11.5 Å². The fourth-order valence-electron chi connectivity index (χ4n) is 2.93. The number of hydrogen-bond donors (Lipinski definition) is 0. The maximum absolute atomic E-state index is 5.49. The van der Waals surface area contributed by atoms with Gasteiger partial charge < -0.3 is 9.47 Å². The standard InChI is InChI=1S/C21H22O2/c1-3-23-18-13-9-16(10-14-18)8-11-17-12-15-21(22-2)20-7-5-4-6-19(17)20/h4-7,9-10,12-15H,3,8,11H2,1-2H3. The lowest BCUT2D eigenvalue weighted by Crippen LogP contribution is -1.95. The largest absolute Gasteiger partial charge is 0.496 e. The van der Waals surface area contributed by atoms with Crippen molar-refractivity contribution in [1.82, 2.24) is 0 Å². The highest BCUT2D eigenvalue weighted by molar-refractivity contribution is 5.91. The first-order valence-electron chi connectivity index (χ1n) is 8.08. The summed E-state index contributed by atoms with van der Waals surface area (Å²) in [5.74, 6) is 1.87. The Hall–Kier alpha value is -2.48. The molecule has 3 aromatic rings. The average Bonchev–Trinajstić information content (AvgIpc) is 2.61. The van der Waals surface area contributed by atoms with E-state index in [9.17, 15) is 0 Å². The summed E-state index contributed by atoms with van der Waals surface area (Å²) in [6.07, 6.45) is 2.03. The van der Waals surface area contributed by atoms with Crippen molar-refractivity contribution < 1.29 is 9.47 Å². The van der Waals surface area contributed by atoms with Crippen molar-refractivity contribution in [2.75, 3.05) is 13.7 Å². The zero-order chi connectivity index (χ0) is 16.1. The number of benzene rings is 3. The van der Waals surface area contributed by atoms with Gasteiger partial charge in [0.2, 0.25) is 0 Å². The molecule has 3 rings (SSSR count). The highest BCUT2D eigenvalue weighted by Gasteiger charge is 2.06. The van der Waals surface area contributed by atoms with Crippen LogP contribution in [0, 0.1) is 0 Å². The number of hydrogen-bond acceptors (Lipinski definition) is 2. The van der Waals surface area contributed by atoms with Crippen LogP contribution in [-0.2, 0) is 12.8 Å². The SMILES string of the molecule is CCOc1ccc(CCc2ccc(OC)c3ccccc23)cc1. The first-order valence-corrected chi connectivity index (χ1v) is 8.08. The predicted molar refractivity (Wildman–Crippen MR) is 95.5 cm³/mol. The maximum atomic E-state index is 5.49. The first kappa shape index (κ1) is 15.4. The summed E-state index contributed by atoms with van der Waals surface area (Å²) in [4.78, 5) is 0. The highest BCUT2D eigenvalue weighted by atomic mass is 16.5. The second-order valence-electron chi connectivity index (χ2n) is 5.55. The molecule has 0 spiro atoms. The van der Waals surface area contributed by atoms with Crippen molar-refractivity contribution in [1.29, 1.82) is 0 Å². The zero-order valence-corrected chi connectivity index (χ0v) is 13.7. The van der Waals surface area contributed by atoms with Gasteiger partial charge in [-0.25, -0.2) is 0 Å². The zero-order valence-electron chi connectivity index (χ0n) is 13.7. The van der Waals surface area contributed by atoms with Crippen LogP contribution < -0.4 is 9.47 Å². The van der Waals surface area contributed by atoms with E-state index in [1.807, 2.05) is 19.1 Å². The molecule has 0 radical (unpaired) electrons. The van der Waals surface area contributed by atoms with Crippen molar-refractivity contribution >= 4 is 10.8 Å². The summed E-state index contributed by atoms with van der Waals surface area (Å²) in [6.45, 7) is 2.71. The van der Waals surface area contributed by atoms with E-state index in [1.165, 1.54) is 21.9 Å². The van der Waals surface area contributed by atoms with E-state index in [0.717, 1.165) is 24.3 Å². The summed E-state index contributed by atoms with van der Waals surface area (Å²) in [6, 6.07) is 21.1. The molecule has 0 saturated heterocycles. The predicted octanol–water partition coefficient (Wildman–Crippen LogP) is 5.03. The van der Waals surface area contributed by atoms with Gasteiger partial charge in [0.1, 0.15) is 11.5 Å². The third kappa shape index (κ3) is 3.48. The van der Waals surface area contributed by atoms with E-state index in [0.29, 0.717) is 6.61 Å². The molecule has 0 saturated carbocycles. The molecule has 0 unspecified atom stereocenters. The fourth-order valence-corrected chi connectivity index (χ4v) is 2.93. The van der Waals surface area contributed by atoms with Crippen LogP contribution in [0.1, 0.15) is 18.1 Å². The molecule has 23 heavy (non-hydrogen) atoms. The smallest absolute Gasteiger partial charge is 0.126 e. The molecule has 0 aliphatic rings. The summed E-state index contributed by atoms with van der Waals surface area (Å²) >= 11 is 0. The molecule has 2 heteroatoms. The molecule has 0 N–H and O–H groups in total. The molecule has 0 heterocycles. The number of ether oxygens (including phenoxy) is 2. The molecule has 0 aliphatic carbocycles. The molecule has 3 aromatic carbocycles. The Labute approximate surface area is 137 Å². The molecule has 0 aromatic heterocycles. The number of rotatable bonds is 6. The van der Waals surface area contributed by atoms with Gasteiger partial charge in [-0.3, -0.25) is 0 Å². The van der Waals surface area contributed by atoms with E-state index in [2.05, 4.69) is 48.5 Å². The second-order valence-corrected chi connectivity index (χ2v) is 5.55. The molecular formula is C21H22O2. The first-order chi connectivity index (χ1) is 11.3. The lowest BCUT2D eigenvalue weighted by molar-refractivity contribution is 0.340. The average molecular weight is 306 g/mol. The van der Waals surface area contributed by atoms with Crippen LogP contribution in [0.15, 0.2) is 60.7 Å². The minimum atomic E-state index is 0.706. The van der Waals surface area contributed by atoms with Crippen molar-refractivity contribution in [3.63, 3.8) is 0 Å². The highest BCUT2D eigenvalue weighted by Crippen LogP contribution is 2.29. The quantitative estimate of drug-likeness (QED) is 0.635. The van der Waals surface area contributed by atoms with Gasteiger partial charge in [-0.1, -0.05) is 42.5 Å². The Morgan fingerprint density at radius 1 is 0.783 bits per heavy atom. The van der Waals surface area contributed by atoms with Crippen molar-refractivity contribution in [2.45, 2.75) is 19.8 Å². The maximum Gasteiger partial charge on any atom is 0.126 e. The third-order valence-electron chi connectivity index (χ3n) is 4.11. The van der Waals surface area contributed by atoms with E-state index in [-0.39, 0.29) is 0 Å². The molecule has 2 nitrogen and oxygen atoms in total. The van der Waals surface area contributed by atoms with Crippen molar-refractivity contribution in [3.8, 4) is 11.5 Å². The minimum Gasteiger partial charge on any atom is -0.496 e. The van der Waals surface area contributed by atoms with Crippen LogP contribution >= 0.6 is 0 Å². The summed E-state index contributed by atoms with van der Waals surface area (Å²) < 4.78 is 11.0. The van der Waals surface area contributed by atoms with Crippen LogP contribution in [-0.4, -0.2) is 13.7 Å². The number of fused-ring (bicyclic) bond motifs is 1. The van der Waals surface area contributed by atoms with Crippen molar-refractivity contribution in [3.05, 3.63) is 71.8 Å². The monoisotopic (exact) mass is 306 g/mol. The van der Waals surface area contributed by atoms with E-state index in [1.54, 1.807) is 7.11 Å². The molecule has 0 bridgehead atoms. The van der Waals surface area contributed by atoms with E-state index < -0.39 is 0 Å². The van der Waals surface area contributed by atoms with Gasteiger partial charge in [0, 0.05) is 5.39 Å². The van der Waals surface area contributed by atoms with Crippen LogP contribution in [0.2, 0.25) is 0 Å². The summed E-state index contributed by atoms with van der Waals surface area (Å²) in [7, 11) is 1.72. The Morgan fingerprint density at radius 3 is 2.22 bits per heavy atom. The van der Waals surface area contributed by atoms with Crippen LogP contribution in [0.4, 0.5) is 0 Å². The van der Waals surface area contributed by atoms with Gasteiger partial charge in [0.15, 0.2) is 0 Å². The third-order valence-corrected chi connectivity index (χ3v) is 4.11. The van der Waals surface area contributed by atoms with E-state index in [4.69, 9.17) is 9.47 Å². The molecule has 118 valence electrons. The van der Waals surface area contributed by atoms with Gasteiger partial charge in [-0.2, -0.15) is 0 Å². The molecule has 0 amide bonds. The molecule has 0 fully saturated rings. The normalized spacial score (nSPS) is 10.7. The molecule has 0 atom stereocenters. The minimum absolute atomic E-state index is 0.706. The van der Waals surface area contributed by atoms with Gasteiger partial charge in [0.25, 0.3) is 0 Å².